The maximum absolute atomic E-state index is 12.0. The van der Waals surface area contributed by atoms with Gasteiger partial charge < -0.3 is 11.1 Å². The van der Waals surface area contributed by atoms with Crippen molar-refractivity contribution in [3.05, 3.63) is 30.1 Å². The third kappa shape index (κ3) is 3.82. The molecule has 0 aromatic carbocycles. The van der Waals surface area contributed by atoms with Gasteiger partial charge in [-0.25, -0.2) is 0 Å². The van der Waals surface area contributed by atoms with Crippen LogP contribution >= 0.6 is 0 Å². The number of aromatic nitrogens is 1. The zero-order valence-corrected chi connectivity index (χ0v) is 10.7. The highest BCUT2D eigenvalue weighted by Crippen LogP contribution is 2.14. The van der Waals surface area contributed by atoms with Crippen LogP contribution < -0.4 is 11.1 Å². The molecule has 4 heteroatoms. The zero-order valence-electron chi connectivity index (χ0n) is 10.7. The Bertz CT molecular complexity index is 362. The highest BCUT2D eigenvalue weighted by atomic mass is 16.2. The van der Waals surface area contributed by atoms with Gasteiger partial charge in [0, 0.05) is 12.4 Å². The van der Waals surface area contributed by atoms with Gasteiger partial charge in [-0.3, -0.25) is 9.78 Å². The Hall–Kier alpha value is -1.42. The topological polar surface area (TPSA) is 68.0 Å². The van der Waals surface area contributed by atoms with Crippen LogP contribution in [0.3, 0.4) is 0 Å². The molecule has 0 saturated carbocycles. The van der Waals surface area contributed by atoms with E-state index in [4.69, 9.17) is 5.73 Å². The fourth-order valence-electron chi connectivity index (χ4n) is 1.71. The Labute approximate surface area is 103 Å². The summed E-state index contributed by atoms with van der Waals surface area (Å²) in [6.45, 7) is 5.71. The minimum absolute atomic E-state index is 0.0732. The first kappa shape index (κ1) is 13.6. The minimum Gasteiger partial charge on any atom is -0.348 e. The van der Waals surface area contributed by atoms with E-state index >= 15 is 0 Å². The lowest BCUT2D eigenvalue weighted by atomic mass is 9.96. The second-order valence-electron chi connectivity index (χ2n) is 4.65. The quantitative estimate of drug-likeness (QED) is 0.817. The Morgan fingerprint density at radius 3 is 2.88 bits per heavy atom. The highest BCUT2D eigenvalue weighted by molar-refractivity contribution is 5.85. The lowest BCUT2D eigenvalue weighted by Crippen LogP contribution is -2.52. The highest BCUT2D eigenvalue weighted by Gasteiger charge is 2.28. The van der Waals surface area contributed by atoms with Crippen LogP contribution in [-0.4, -0.2) is 16.4 Å². The molecule has 1 aromatic heterocycles. The van der Waals surface area contributed by atoms with Crippen molar-refractivity contribution in [1.82, 2.24) is 10.3 Å². The second kappa shape index (κ2) is 5.77. The average molecular weight is 235 g/mol. The molecule has 94 valence electrons. The van der Waals surface area contributed by atoms with Gasteiger partial charge in [-0.05, 0) is 31.9 Å². The van der Waals surface area contributed by atoms with Crippen LogP contribution in [-0.2, 0) is 4.79 Å². The van der Waals surface area contributed by atoms with E-state index in [1.54, 1.807) is 19.3 Å². The zero-order chi connectivity index (χ0) is 12.9. The molecule has 1 rings (SSSR count). The van der Waals surface area contributed by atoms with E-state index in [9.17, 15) is 4.79 Å². The van der Waals surface area contributed by atoms with Gasteiger partial charge in [0.2, 0.25) is 5.91 Å². The van der Waals surface area contributed by atoms with Gasteiger partial charge in [-0.1, -0.05) is 19.4 Å². The van der Waals surface area contributed by atoms with Crippen molar-refractivity contribution >= 4 is 5.91 Å². The third-order valence-electron chi connectivity index (χ3n) is 2.82. The van der Waals surface area contributed by atoms with E-state index < -0.39 is 5.54 Å². The molecule has 0 saturated heterocycles. The number of rotatable bonds is 5. The van der Waals surface area contributed by atoms with E-state index in [2.05, 4.69) is 10.3 Å². The summed E-state index contributed by atoms with van der Waals surface area (Å²) in [5.74, 6) is -0.115. The normalized spacial score (nSPS) is 16.0. The van der Waals surface area contributed by atoms with Gasteiger partial charge in [-0.2, -0.15) is 0 Å². The SMILES string of the molecule is CCCC(C)(N)C(=O)NC(C)c1cccnc1. The monoisotopic (exact) mass is 235 g/mol. The molecule has 1 amide bonds. The fourth-order valence-corrected chi connectivity index (χ4v) is 1.71. The van der Waals surface area contributed by atoms with Crippen LogP contribution in [0.2, 0.25) is 0 Å². The first-order valence-electron chi connectivity index (χ1n) is 5.97. The van der Waals surface area contributed by atoms with Crippen molar-refractivity contribution in [3.63, 3.8) is 0 Å². The van der Waals surface area contributed by atoms with Gasteiger partial charge in [0.15, 0.2) is 0 Å². The molecule has 0 aliphatic heterocycles. The summed E-state index contributed by atoms with van der Waals surface area (Å²) in [6, 6.07) is 3.72. The number of hydrogen-bond donors (Lipinski definition) is 2. The maximum atomic E-state index is 12.0. The Morgan fingerprint density at radius 1 is 1.65 bits per heavy atom. The summed E-state index contributed by atoms with van der Waals surface area (Å²) in [5, 5.41) is 2.92. The molecule has 2 atom stereocenters. The second-order valence-corrected chi connectivity index (χ2v) is 4.65. The molecule has 0 aliphatic carbocycles. The Balaban J connectivity index is 2.63. The summed E-state index contributed by atoms with van der Waals surface area (Å²) in [4.78, 5) is 16.0. The number of nitrogens with one attached hydrogen (secondary N) is 1. The van der Waals surface area contributed by atoms with Crippen LogP contribution in [0.1, 0.15) is 45.2 Å². The van der Waals surface area contributed by atoms with Gasteiger partial charge in [0.05, 0.1) is 11.6 Å². The van der Waals surface area contributed by atoms with Crippen LogP contribution in [0.4, 0.5) is 0 Å². The Kier molecular flexibility index (Phi) is 4.63. The van der Waals surface area contributed by atoms with E-state index in [-0.39, 0.29) is 11.9 Å². The summed E-state index contributed by atoms with van der Waals surface area (Å²) in [6.07, 6.45) is 5.03. The largest absolute Gasteiger partial charge is 0.348 e. The summed E-state index contributed by atoms with van der Waals surface area (Å²) >= 11 is 0. The summed E-state index contributed by atoms with van der Waals surface area (Å²) < 4.78 is 0. The van der Waals surface area contributed by atoms with Crippen LogP contribution in [0.25, 0.3) is 0 Å². The molecule has 0 fully saturated rings. The van der Waals surface area contributed by atoms with Crippen LogP contribution in [0.15, 0.2) is 24.5 Å². The molecule has 0 radical (unpaired) electrons. The number of carbonyl (C=O) groups excluding carboxylic acids is 1. The van der Waals surface area contributed by atoms with Crippen molar-refractivity contribution in [3.8, 4) is 0 Å². The standard InChI is InChI=1S/C13H21N3O/c1-4-7-13(3,14)12(17)16-10(2)11-6-5-8-15-9-11/h5-6,8-10H,4,7,14H2,1-3H3,(H,16,17). The van der Waals surface area contributed by atoms with E-state index in [1.807, 2.05) is 26.0 Å². The molecule has 3 N–H and O–H groups in total. The van der Waals surface area contributed by atoms with Crippen molar-refractivity contribution in [2.45, 2.75) is 45.2 Å². The van der Waals surface area contributed by atoms with Crippen molar-refractivity contribution in [2.24, 2.45) is 5.73 Å². The van der Waals surface area contributed by atoms with Crippen molar-refractivity contribution < 1.29 is 4.79 Å². The first-order valence-corrected chi connectivity index (χ1v) is 5.97. The first-order chi connectivity index (χ1) is 7.97. The molecule has 0 bridgehead atoms. The fraction of sp³-hybridized carbons (Fsp3) is 0.538. The predicted octanol–water partition coefficient (Wildman–Crippen LogP) is 1.78. The molecule has 0 aliphatic rings. The molecular formula is C13H21N3O. The summed E-state index contributed by atoms with van der Waals surface area (Å²) in [7, 11) is 0. The van der Waals surface area contributed by atoms with Gasteiger partial charge in [-0.15, -0.1) is 0 Å². The summed E-state index contributed by atoms with van der Waals surface area (Å²) in [5.41, 5.74) is 6.15. The van der Waals surface area contributed by atoms with Crippen molar-refractivity contribution in [2.75, 3.05) is 0 Å². The Morgan fingerprint density at radius 2 is 2.35 bits per heavy atom. The minimum atomic E-state index is -0.800. The number of nitrogens with zero attached hydrogens (tertiary/aromatic N) is 1. The molecule has 1 heterocycles. The average Bonchev–Trinajstić information content (AvgIpc) is 2.30. The number of nitrogens with two attached hydrogens (primary N) is 1. The molecule has 2 unspecified atom stereocenters. The van der Waals surface area contributed by atoms with E-state index in [0.717, 1.165) is 12.0 Å². The van der Waals surface area contributed by atoms with Gasteiger partial charge >= 0.3 is 0 Å². The lowest BCUT2D eigenvalue weighted by molar-refractivity contribution is -0.126. The number of amides is 1. The molecule has 1 aromatic rings. The van der Waals surface area contributed by atoms with E-state index in [1.165, 1.54) is 0 Å². The lowest BCUT2D eigenvalue weighted by Gasteiger charge is -2.25. The van der Waals surface area contributed by atoms with Crippen molar-refractivity contribution in [1.29, 1.82) is 0 Å². The number of pyridine rings is 1. The molecular weight excluding hydrogens is 214 g/mol. The van der Waals surface area contributed by atoms with E-state index in [0.29, 0.717) is 6.42 Å². The van der Waals surface area contributed by atoms with Crippen LogP contribution in [0, 0.1) is 0 Å². The number of hydrogen-bond acceptors (Lipinski definition) is 3. The maximum Gasteiger partial charge on any atom is 0.240 e. The molecule has 0 spiro atoms. The number of carbonyl (C=O) groups is 1. The molecule has 4 nitrogen and oxygen atoms in total. The predicted molar refractivity (Wildman–Crippen MR) is 68.3 cm³/mol. The molecule has 17 heavy (non-hydrogen) atoms. The van der Waals surface area contributed by atoms with Gasteiger partial charge in [0.25, 0.3) is 0 Å². The smallest absolute Gasteiger partial charge is 0.240 e. The van der Waals surface area contributed by atoms with Gasteiger partial charge in [0.1, 0.15) is 0 Å². The third-order valence-corrected chi connectivity index (χ3v) is 2.82. The van der Waals surface area contributed by atoms with Crippen LogP contribution in [0.5, 0.6) is 0 Å².